The van der Waals surface area contributed by atoms with E-state index < -0.39 is 0 Å². The number of ether oxygens (including phenoxy) is 1. The third-order valence-corrected chi connectivity index (χ3v) is 2.61. The van der Waals surface area contributed by atoms with Crippen LogP contribution in [0.2, 0.25) is 0 Å². The van der Waals surface area contributed by atoms with Gasteiger partial charge in [0, 0.05) is 12.1 Å². The first kappa shape index (κ1) is 13.5. The third kappa shape index (κ3) is 3.75. The van der Waals surface area contributed by atoms with Gasteiger partial charge >= 0.3 is 0 Å². The Bertz CT molecular complexity index is 555. The van der Waals surface area contributed by atoms with Crippen LogP contribution in [0, 0.1) is 12.7 Å². The number of nitrogens with two attached hydrogens (primary N) is 1. The molecule has 0 fully saturated rings. The maximum absolute atomic E-state index is 13.5. The molecule has 1 aromatic carbocycles. The number of benzene rings is 1. The molecular weight excluding hydrogens is 249 g/mol. The SMILES string of the molecule is Cc1nonc1COc1cc(F)cc(CC(C)N)c1. The van der Waals surface area contributed by atoms with Gasteiger partial charge < -0.3 is 10.5 Å². The highest BCUT2D eigenvalue weighted by Gasteiger charge is 2.08. The molecule has 1 unspecified atom stereocenters. The van der Waals surface area contributed by atoms with Gasteiger partial charge in [-0.25, -0.2) is 9.02 Å². The zero-order chi connectivity index (χ0) is 13.8. The molecule has 0 bridgehead atoms. The topological polar surface area (TPSA) is 74.2 Å². The summed E-state index contributed by atoms with van der Waals surface area (Å²) in [6, 6.07) is 4.53. The summed E-state index contributed by atoms with van der Waals surface area (Å²) in [5.74, 6) is 0.0983. The molecule has 0 spiro atoms. The minimum absolute atomic E-state index is 0.0309. The Hall–Kier alpha value is -1.95. The van der Waals surface area contributed by atoms with E-state index in [1.807, 2.05) is 6.92 Å². The average molecular weight is 265 g/mol. The van der Waals surface area contributed by atoms with E-state index in [0.717, 1.165) is 5.56 Å². The van der Waals surface area contributed by atoms with Crippen LogP contribution in [0.5, 0.6) is 5.75 Å². The molecule has 0 saturated heterocycles. The standard InChI is InChI=1S/C13H16FN3O2/c1-8(15)3-10-4-11(14)6-12(5-10)18-7-13-9(2)16-19-17-13/h4-6,8H,3,7,15H2,1-2H3. The van der Waals surface area contributed by atoms with Gasteiger partial charge in [-0.15, -0.1) is 0 Å². The first-order chi connectivity index (χ1) is 9.04. The summed E-state index contributed by atoms with van der Waals surface area (Å²) < 4.78 is 23.5. The number of rotatable bonds is 5. The van der Waals surface area contributed by atoms with Crippen molar-refractivity contribution >= 4 is 0 Å². The second-order valence-corrected chi connectivity index (χ2v) is 4.56. The van der Waals surface area contributed by atoms with Gasteiger partial charge in [0.25, 0.3) is 0 Å². The van der Waals surface area contributed by atoms with E-state index in [9.17, 15) is 4.39 Å². The second-order valence-electron chi connectivity index (χ2n) is 4.56. The lowest BCUT2D eigenvalue weighted by Crippen LogP contribution is -2.17. The lowest BCUT2D eigenvalue weighted by molar-refractivity contribution is 0.269. The Morgan fingerprint density at radius 1 is 1.37 bits per heavy atom. The van der Waals surface area contributed by atoms with Crippen molar-refractivity contribution in [3.63, 3.8) is 0 Å². The fourth-order valence-electron chi connectivity index (χ4n) is 1.73. The second kappa shape index (κ2) is 5.79. The third-order valence-electron chi connectivity index (χ3n) is 2.61. The Balaban J connectivity index is 2.07. The van der Waals surface area contributed by atoms with Gasteiger partial charge in [0.1, 0.15) is 29.6 Å². The molecule has 2 rings (SSSR count). The Labute approximate surface area is 110 Å². The summed E-state index contributed by atoms with van der Waals surface area (Å²) in [6.07, 6.45) is 0.596. The monoisotopic (exact) mass is 265 g/mol. The summed E-state index contributed by atoms with van der Waals surface area (Å²) in [7, 11) is 0. The van der Waals surface area contributed by atoms with Crippen molar-refractivity contribution in [1.29, 1.82) is 0 Å². The van der Waals surface area contributed by atoms with E-state index in [1.165, 1.54) is 12.1 Å². The lowest BCUT2D eigenvalue weighted by Gasteiger charge is -2.09. The van der Waals surface area contributed by atoms with Crippen LogP contribution in [-0.2, 0) is 13.0 Å². The van der Waals surface area contributed by atoms with Crippen LogP contribution in [-0.4, -0.2) is 16.4 Å². The van der Waals surface area contributed by atoms with Gasteiger partial charge in [-0.1, -0.05) is 10.3 Å². The van der Waals surface area contributed by atoms with Crippen LogP contribution in [0.4, 0.5) is 4.39 Å². The Morgan fingerprint density at radius 3 is 2.79 bits per heavy atom. The van der Waals surface area contributed by atoms with Crippen molar-refractivity contribution in [3.05, 3.63) is 41.0 Å². The molecule has 1 atom stereocenters. The zero-order valence-corrected chi connectivity index (χ0v) is 10.9. The fraction of sp³-hybridized carbons (Fsp3) is 0.385. The van der Waals surface area contributed by atoms with Crippen LogP contribution in [0.1, 0.15) is 23.9 Å². The predicted molar refractivity (Wildman–Crippen MR) is 67.1 cm³/mol. The van der Waals surface area contributed by atoms with Crippen molar-refractivity contribution in [2.45, 2.75) is 32.9 Å². The molecular formula is C13H16FN3O2. The molecule has 1 aromatic heterocycles. The number of halogens is 1. The van der Waals surface area contributed by atoms with E-state index in [0.29, 0.717) is 23.6 Å². The largest absolute Gasteiger partial charge is 0.487 e. The summed E-state index contributed by atoms with van der Waals surface area (Å²) >= 11 is 0. The molecule has 0 aliphatic heterocycles. The van der Waals surface area contributed by atoms with Gasteiger partial charge in [-0.05, 0) is 38.0 Å². The van der Waals surface area contributed by atoms with Crippen molar-refractivity contribution in [1.82, 2.24) is 10.3 Å². The minimum atomic E-state index is -0.344. The first-order valence-electron chi connectivity index (χ1n) is 6.00. The maximum atomic E-state index is 13.5. The van der Waals surface area contributed by atoms with Crippen LogP contribution < -0.4 is 10.5 Å². The number of aromatic nitrogens is 2. The molecule has 2 N–H and O–H groups in total. The molecule has 0 aliphatic rings. The summed E-state index contributed by atoms with van der Waals surface area (Å²) in [6.45, 7) is 3.83. The van der Waals surface area contributed by atoms with Gasteiger partial charge in [0.15, 0.2) is 0 Å². The molecule has 0 radical (unpaired) electrons. The predicted octanol–water partition coefficient (Wildman–Crippen LogP) is 1.99. The van der Waals surface area contributed by atoms with Gasteiger partial charge in [0.05, 0.1) is 0 Å². The highest BCUT2D eigenvalue weighted by molar-refractivity contribution is 5.30. The van der Waals surface area contributed by atoms with Crippen molar-refractivity contribution in [2.75, 3.05) is 0 Å². The smallest absolute Gasteiger partial charge is 0.145 e. The number of nitrogens with zero attached hydrogens (tertiary/aromatic N) is 2. The van der Waals surface area contributed by atoms with Gasteiger partial charge in [-0.3, -0.25) is 0 Å². The molecule has 6 heteroatoms. The first-order valence-corrected chi connectivity index (χ1v) is 6.00. The normalized spacial score (nSPS) is 12.4. The van der Waals surface area contributed by atoms with Crippen molar-refractivity contribution in [3.8, 4) is 5.75 Å². The Kier molecular flexibility index (Phi) is 4.11. The molecule has 0 aliphatic carbocycles. The van der Waals surface area contributed by atoms with Crippen LogP contribution in [0.15, 0.2) is 22.8 Å². The van der Waals surface area contributed by atoms with E-state index >= 15 is 0 Å². The van der Waals surface area contributed by atoms with Crippen LogP contribution >= 0.6 is 0 Å². The molecule has 2 aromatic rings. The molecule has 5 nitrogen and oxygen atoms in total. The maximum Gasteiger partial charge on any atom is 0.145 e. The van der Waals surface area contributed by atoms with Crippen molar-refractivity contribution in [2.24, 2.45) is 5.73 Å². The zero-order valence-electron chi connectivity index (χ0n) is 10.9. The minimum Gasteiger partial charge on any atom is -0.487 e. The Morgan fingerprint density at radius 2 is 2.16 bits per heavy atom. The summed E-state index contributed by atoms with van der Waals surface area (Å²) in [4.78, 5) is 0. The average Bonchev–Trinajstić information content (AvgIpc) is 2.70. The fourth-order valence-corrected chi connectivity index (χ4v) is 1.73. The quantitative estimate of drug-likeness (QED) is 0.894. The molecule has 102 valence electrons. The van der Waals surface area contributed by atoms with Crippen LogP contribution in [0.3, 0.4) is 0 Å². The molecule has 1 heterocycles. The van der Waals surface area contributed by atoms with Crippen molar-refractivity contribution < 1.29 is 13.8 Å². The van der Waals surface area contributed by atoms with E-state index in [-0.39, 0.29) is 18.5 Å². The van der Waals surface area contributed by atoms with E-state index in [1.54, 1.807) is 13.0 Å². The summed E-state index contributed by atoms with van der Waals surface area (Å²) in [5.41, 5.74) is 7.76. The highest BCUT2D eigenvalue weighted by atomic mass is 19.1. The molecule has 0 amide bonds. The lowest BCUT2D eigenvalue weighted by atomic mass is 10.1. The van der Waals surface area contributed by atoms with Crippen LogP contribution in [0.25, 0.3) is 0 Å². The van der Waals surface area contributed by atoms with E-state index in [4.69, 9.17) is 10.5 Å². The number of hydrogen-bond acceptors (Lipinski definition) is 5. The highest BCUT2D eigenvalue weighted by Crippen LogP contribution is 2.19. The van der Waals surface area contributed by atoms with E-state index in [2.05, 4.69) is 14.9 Å². The molecule has 0 saturated carbocycles. The van der Waals surface area contributed by atoms with Gasteiger partial charge in [0.2, 0.25) is 0 Å². The summed E-state index contributed by atoms with van der Waals surface area (Å²) in [5, 5.41) is 7.35. The number of hydrogen-bond donors (Lipinski definition) is 1. The number of aryl methyl sites for hydroxylation is 1. The van der Waals surface area contributed by atoms with Gasteiger partial charge in [-0.2, -0.15) is 0 Å². The molecule has 19 heavy (non-hydrogen) atoms.